The van der Waals surface area contributed by atoms with E-state index in [1.807, 2.05) is 24.3 Å². The Hall–Kier alpha value is -1.10. The number of ether oxygens (including phenoxy) is 3. The Morgan fingerprint density at radius 2 is 2.10 bits per heavy atom. The van der Waals surface area contributed by atoms with Gasteiger partial charge in [0.25, 0.3) is 0 Å². The summed E-state index contributed by atoms with van der Waals surface area (Å²) in [6.45, 7) is 2.07. The minimum absolute atomic E-state index is 0.0583. The minimum atomic E-state index is -0.0583. The summed E-state index contributed by atoms with van der Waals surface area (Å²) in [6, 6.07) is 7.95. The van der Waals surface area contributed by atoms with Crippen LogP contribution < -0.4 is 4.74 Å². The number of benzene rings is 1. The Kier molecular flexibility index (Phi) is 6.84. The van der Waals surface area contributed by atoms with Crippen LogP contribution in [0, 0.1) is 0 Å². The van der Waals surface area contributed by atoms with Crippen LogP contribution in [0.3, 0.4) is 0 Å². The summed E-state index contributed by atoms with van der Waals surface area (Å²) < 4.78 is 16.9. The third kappa shape index (κ3) is 5.12. The molecule has 0 spiro atoms. The van der Waals surface area contributed by atoms with E-state index < -0.39 is 0 Å². The molecule has 1 unspecified atom stereocenters. The maximum Gasteiger partial charge on any atom is 0.157 e. The topological polar surface area (TPSA) is 47.9 Å². The summed E-state index contributed by atoms with van der Waals surface area (Å²) in [5.41, 5.74) is 1.13. The molecule has 1 saturated heterocycles. The molecule has 1 aliphatic rings. The number of aryl methyl sites for hydroxylation is 1. The zero-order valence-corrected chi connectivity index (χ0v) is 11.9. The van der Waals surface area contributed by atoms with Crippen LogP contribution in [0.2, 0.25) is 0 Å². The van der Waals surface area contributed by atoms with Crippen molar-refractivity contribution in [2.45, 2.75) is 38.4 Å². The van der Waals surface area contributed by atoms with Gasteiger partial charge < -0.3 is 19.3 Å². The highest BCUT2D eigenvalue weighted by atomic mass is 16.7. The van der Waals surface area contributed by atoms with Gasteiger partial charge in [0.15, 0.2) is 6.29 Å². The molecule has 1 aromatic rings. The fourth-order valence-corrected chi connectivity index (χ4v) is 2.29. The molecule has 1 aliphatic heterocycles. The molecular formula is C16H24O4. The van der Waals surface area contributed by atoms with Crippen molar-refractivity contribution in [3.63, 3.8) is 0 Å². The first-order valence-corrected chi connectivity index (χ1v) is 7.45. The highest BCUT2D eigenvalue weighted by Crippen LogP contribution is 2.19. The normalized spacial score (nSPS) is 18.9. The van der Waals surface area contributed by atoms with E-state index in [1.54, 1.807) is 0 Å². The molecule has 2 rings (SSSR count). The summed E-state index contributed by atoms with van der Waals surface area (Å²) in [5.74, 6) is 0.883. The predicted octanol–water partition coefficient (Wildman–Crippen LogP) is 2.53. The lowest BCUT2D eigenvalue weighted by Crippen LogP contribution is -2.24. The van der Waals surface area contributed by atoms with Crippen LogP contribution in [0.25, 0.3) is 0 Å². The van der Waals surface area contributed by atoms with Crippen molar-refractivity contribution in [2.24, 2.45) is 0 Å². The number of aliphatic hydroxyl groups is 1. The lowest BCUT2D eigenvalue weighted by atomic mass is 10.1. The van der Waals surface area contributed by atoms with Crippen molar-refractivity contribution in [1.29, 1.82) is 0 Å². The van der Waals surface area contributed by atoms with E-state index >= 15 is 0 Å². The largest absolute Gasteiger partial charge is 0.491 e. The molecule has 0 aliphatic carbocycles. The van der Waals surface area contributed by atoms with Gasteiger partial charge in [-0.1, -0.05) is 18.2 Å². The maximum atomic E-state index is 8.90. The molecule has 0 bridgehead atoms. The summed E-state index contributed by atoms with van der Waals surface area (Å²) >= 11 is 0. The van der Waals surface area contributed by atoms with Crippen molar-refractivity contribution >= 4 is 0 Å². The zero-order valence-electron chi connectivity index (χ0n) is 11.9. The Morgan fingerprint density at radius 1 is 1.20 bits per heavy atom. The second-order valence-electron chi connectivity index (χ2n) is 4.95. The molecule has 1 atom stereocenters. The molecule has 1 N–H and O–H groups in total. The summed E-state index contributed by atoms with van der Waals surface area (Å²) in [5, 5.41) is 8.90. The Labute approximate surface area is 120 Å². The van der Waals surface area contributed by atoms with E-state index in [1.165, 1.54) is 6.42 Å². The molecule has 0 amide bonds. The number of hydrogen-bond donors (Lipinski definition) is 1. The maximum absolute atomic E-state index is 8.90. The average Bonchev–Trinajstić information content (AvgIpc) is 2.51. The lowest BCUT2D eigenvalue weighted by Gasteiger charge is -2.22. The fraction of sp³-hybridized carbons (Fsp3) is 0.625. The van der Waals surface area contributed by atoms with Gasteiger partial charge in [-0.25, -0.2) is 0 Å². The number of hydrogen-bond acceptors (Lipinski definition) is 4. The summed E-state index contributed by atoms with van der Waals surface area (Å²) in [7, 11) is 0. The van der Waals surface area contributed by atoms with Crippen LogP contribution in [0.5, 0.6) is 5.75 Å². The molecule has 1 fully saturated rings. The van der Waals surface area contributed by atoms with Crippen LogP contribution in [0.1, 0.15) is 31.2 Å². The molecule has 1 aromatic carbocycles. The molecule has 0 aromatic heterocycles. The van der Waals surface area contributed by atoms with Crippen LogP contribution in [0.15, 0.2) is 24.3 Å². The first kappa shape index (κ1) is 15.3. The second kappa shape index (κ2) is 8.95. The van der Waals surface area contributed by atoms with Crippen LogP contribution in [0.4, 0.5) is 0 Å². The second-order valence-corrected chi connectivity index (χ2v) is 4.95. The van der Waals surface area contributed by atoms with Gasteiger partial charge in [0.05, 0.1) is 6.61 Å². The SMILES string of the molecule is OCCCc1ccccc1OCCOC1CCCCO1. The van der Waals surface area contributed by atoms with Crippen molar-refractivity contribution in [3.8, 4) is 5.75 Å². The Morgan fingerprint density at radius 3 is 2.90 bits per heavy atom. The molecule has 1 heterocycles. The smallest absolute Gasteiger partial charge is 0.157 e. The van der Waals surface area contributed by atoms with Gasteiger partial charge in [0, 0.05) is 13.2 Å². The van der Waals surface area contributed by atoms with E-state index in [4.69, 9.17) is 19.3 Å². The van der Waals surface area contributed by atoms with Gasteiger partial charge in [0.1, 0.15) is 12.4 Å². The van der Waals surface area contributed by atoms with E-state index in [0.717, 1.165) is 43.6 Å². The van der Waals surface area contributed by atoms with Gasteiger partial charge in [-0.15, -0.1) is 0 Å². The number of rotatable bonds is 8. The average molecular weight is 280 g/mol. The summed E-state index contributed by atoms with van der Waals surface area (Å²) in [4.78, 5) is 0. The molecule has 4 nitrogen and oxygen atoms in total. The highest BCUT2D eigenvalue weighted by Gasteiger charge is 2.13. The molecule has 0 saturated carbocycles. The molecule has 4 heteroatoms. The van der Waals surface area contributed by atoms with Gasteiger partial charge in [-0.05, 0) is 43.7 Å². The Balaban J connectivity index is 1.70. The van der Waals surface area contributed by atoms with Gasteiger partial charge in [-0.3, -0.25) is 0 Å². The van der Waals surface area contributed by atoms with Gasteiger partial charge in [0.2, 0.25) is 0 Å². The number of aliphatic hydroxyl groups excluding tert-OH is 1. The Bertz CT molecular complexity index is 374. The van der Waals surface area contributed by atoms with E-state index in [2.05, 4.69) is 0 Å². The molecule has 0 radical (unpaired) electrons. The van der Waals surface area contributed by atoms with Crippen LogP contribution in [-0.4, -0.2) is 37.8 Å². The molecular weight excluding hydrogens is 256 g/mol. The van der Waals surface area contributed by atoms with Crippen molar-refractivity contribution < 1.29 is 19.3 Å². The predicted molar refractivity (Wildman–Crippen MR) is 76.9 cm³/mol. The monoisotopic (exact) mass is 280 g/mol. The third-order valence-electron chi connectivity index (χ3n) is 3.36. The van der Waals surface area contributed by atoms with Crippen molar-refractivity contribution in [1.82, 2.24) is 0 Å². The zero-order chi connectivity index (χ0) is 14.0. The molecule has 20 heavy (non-hydrogen) atoms. The van der Waals surface area contributed by atoms with E-state index in [-0.39, 0.29) is 12.9 Å². The number of para-hydroxylation sites is 1. The van der Waals surface area contributed by atoms with Crippen molar-refractivity contribution in [2.75, 3.05) is 26.4 Å². The van der Waals surface area contributed by atoms with Gasteiger partial charge in [-0.2, -0.15) is 0 Å². The first-order chi connectivity index (χ1) is 9.90. The standard InChI is InChI=1S/C16H24O4/c17-10-5-7-14-6-1-2-8-15(14)18-12-13-20-16-9-3-4-11-19-16/h1-2,6,8,16-17H,3-5,7,9-13H2. The van der Waals surface area contributed by atoms with E-state index in [0.29, 0.717) is 13.2 Å². The van der Waals surface area contributed by atoms with Crippen LogP contribution >= 0.6 is 0 Å². The van der Waals surface area contributed by atoms with Crippen LogP contribution in [-0.2, 0) is 15.9 Å². The van der Waals surface area contributed by atoms with E-state index in [9.17, 15) is 0 Å². The third-order valence-corrected chi connectivity index (χ3v) is 3.36. The first-order valence-electron chi connectivity index (χ1n) is 7.45. The highest BCUT2D eigenvalue weighted by molar-refractivity contribution is 5.33. The summed E-state index contributed by atoms with van der Waals surface area (Å²) in [6.07, 6.45) is 4.82. The molecule has 112 valence electrons. The minimum Gasteiger partial charge on any atom is -0.491 e. The quantitative estimate of drug-likeness (QED) is 0.743. The van der Waals surface area contributed by atoms with Crippen molar-refractivity contribution in [3.05, 3.63) is 29.8 Å². The lowest BCUT2D eigenvalue weighted by molar-refractivity contribution is -0.165. The van der Waals surface area contributed by atoms with Gasteiger partial charge >= 0.3 is 0 Å². The fourth-order valence-electron chi connectivity index (χ4n) is 2.29.